The predicted octanol–water partition coefficient (Wildman–Crippen LogP) is 1.94. The van der Waals surface area contributed by atoms with E-state index < -0.39 is 34.6 Å². The Kier molecular flexibility index (Phi) is 6.78. The first-order chi connectivity index (χ1) is 12.6. The molecule has 0 fully saturated rings. The maximum atomic E-state index is 12.1. The van der Waals surface area contributed by atoms with E-state index in [1.807, 2.05) is 0 Å². The first kappa shape index (κ1) is 20.7. The lowest BCUT2D eigenvalue weighted by Gasteiger charge is -2.14. The van der Waals surface area contributed by atoms with Crippen molar-refractivity contribution in [2.75, 3.05) is 11.9 Å². The fourth-order valence-electron chi connectivity index (χ4n) is 1.98. The molecule has 0 bridgehead atoms. The zero-order valence-corrected chi connectivity index (χ0v) is 15.8. The molecule has 2 rings (SSSR count). The minimum atomic E-state index is -3.90. The Labute approximate surface area is 161 Å². The van der Waals surface area contributed by atoms with Gasteiger partial charge in [0, 0.05) is 10.7 Å². The second kappa shape index (κ2) is 8.85. The summed E-state index contributed by atoms with van der Waals surface area (Å²) >= 11 is 5.81. The minimum Gasteiger partial charge on any atom is -0.482 e. The molecule has 3 N–H and O–H groups in total. The van der Waals surface area contributed by atoms with Crippen molar-refractivity contribution in [1.82, 2.24) is 0 Å². The Hall–Kier alpha value is -2.62. The van der Waals surface area contributed by atoms with E-state index in [0.29, 0.717) is 10.8 Å². The molecule has 0 aliphatic carbocycles. The van der Waals surface area contributed by atoms with Gasteiger partial charge in [0.2, 0.25) is 10.0 Å². The molecule has 1 amide bonds. The van der Waals surface area contributed by atoms with Crippen LogP contribution in [-0.2, 0) is 24.3 Å². The highest BCUT2D eigenvalue weighted by atomic mass is 35.5. The lowest BCUT2D eigenvalue weighted by Crippen LogP contribution is -2.31. The van der Waals surface area contributed by atoms with Crippen LogP contribution in [0.4, 0.5) is 5.69 Å². The Bertz CT molecular complexity index is 948. The lowest BCUT2D eigenvalue weighted by atomic mass is 10.3. The Morgan fingerprint density at radius 1 is 1.19 bits per heavy atom. The number of rotatable bonds is 7. The number of halogens is 1. The van der Waals surface area contributed by atoms with Gasteiger partial charge in [0.15, 0.2) is 12.7 Å². The highest BCUT2D eigenvalue weighted by molar-refractivity contribution is 7.89. The van der Waals surface area contributed by atoms with Gasteiger partial charge in [-0.2, -0.15) is 0 Å². The van der Waals surface area contributed by atoms with Crippen molar-refractivity contribution >= 4 is 39.2 Å². The molecule has 0 aromatic heterocycles. The molecule has 2 aromatic carbocycles. The summed E-state index contributed by atoms with van der Waals surface area (Å²) in [5, 5.41) is 7.94. The lowest BCUT2D eigenvalue weighted by molar-refractivity contribution is -0.155. The van der Waals surface area contributed by atoms with Gasteiger partial charge in [0.25, 0.3) is 5.91 Å². The third-order valence-corrected chi connectivity index (χ3v) is 4.41. The van der Waals surface area contributed by atoms with Crippen molar-refractivity contribution in [3.05, 3.63) is 53.6 Å². The van der Waals surface area contributed by atoms with Crippen LogP contribution in [0.5, 0.6) is 5.75 Å². The van der Waals surface area contributed by atoms with Gasteiger partial charge in [-0.15, -0.1) is 0 Å². The van der Waals surface area contributed by atoms with Crippen LogP contribution < -0.4 is 15.2 Å². The van der Waals surface area contributed by atoms with E-state index >= 15 is 0 Å². The van der Waals surface area contributed by atoms with E-state index in [9.17, 15) is 18.0 Å². The number of sulfonamides is 1. The number of carbonyl (C=O) groups is 2. The fourth-order valence-corrected chi connectivity index (χ4v) is 2.72. The number of nitrogens with two attached hydrogens (primary N) is 1. The minimum absolute atomic E-state index is 0.153. The van der Waals surface area contributed by atoms with Crippen molar-refractivity contribution in [2.45, 2.75) is 17.9 Å². The average Bonchev–Trinajstić information content (AvgIpc) is 2.59. The van der Waals surface area contributed by atoms with Crippen LogP contribution in [-0.4, -0.2) is 33.0 Å². The van der Waals surface area contributed by atoms with Crippen LogP contribution in [0, 0.1) is 0 Å². The number of amides is 1. The number of hydrogen-bond donors (Lipinski definition) is 2. The summed E-state index contributed by atoms with van der Waals surface area (Å²) in [5.74, 6) is -1.01. The van der Waals surface area contributed by atoms with Crippen LogP contribution in [0.25, 0.3) is 0 Å². The second-order valence-electron chi connectivity index (χ2n) is 5.44. The zero-order valence-electron chi connectivity index (χ0n) is 14.2. The summed E-state index contributed by atoms with van der Waals surface area (Å²) in [6, 6.07) is 11.9. The van der Waals surface area contributed by atoms with E-state index in [4.69, 9.17) is 26.2 Å². The van der Waals surface area contributed by atoms with Gasteiger partial charge in [-0.05, 0) is 43.3 Å². The molecule has 0 saturated carbocycles. The van der Waals surface area contributed by atoms with Gasteiger partial charge in [-0.3, -0.25) is 4.79 Å². The van der Waals surface area contributed by atoms with Crippen molar-refractivity contribution < 1.29 is 27.5 Å². The zero-order chi connectivity index (χ0) is 20.0. The molecule has 0 radical (unpaired) electrons. The smallest absolute Gasteiger partial charge is 0.344 e. The number of primary sulfonamides is 1. The van der Waals surface area contributed by atoms with Crippen LogP contribution in [0.15, 0.2) is 53.4 Å². The summed E-state index contributed by atoms with van der Waals surface area (Å²) in [6.07, 6.45) is -1.13. The maximum absolute atomic E-state index is 12.1. The van der Waals surface area contributed by atoms with Crippen LogP contribution in [0.3, 0.4) is 0 Å². The van der Waals surface area contributed by atoms with E-state index in [2.05, 4.69) is 5.32 Å². The van der Waals surface area contributed by atoms with Crippen molar-refractivity contribution in [2.24, 2.45) is 5.14 Å². The van der Waals surface area contributed by atoms with E-state index in [-0.39, 0.29) is 10.6 Å². The summed E-state index contributed by atoms with van der Waals surface area (Å²) in [7, 11) is -3.90. The molecule has 0 aliphatic rings. The molecule has 8 nitrogen and oxygen atoms in total. The standard InChI is InChI=1S/C17H17ClN2O6S/c1-11(26-16(21)10-25-14-6-2-4-12(18)8-14)17(22)20-13-5-3-7-15(9-13)27(19,23)24/h2-9,11H,10H2,1H3,(H,20,22)(H2,19,23,24)/t11-/m1/s1. The molecule has 0 spiro atoms. The molecule has 1 atom stereocenters. The quantitative estimate of drug-likeness (QED) is 0.669. The number of nitrogens with one attached hydrogen (secondary N) is 1. The van der Waals surface area contributed by atoms with E-state index in [0.717, 1.165) is 0 Å². The highest BCUT2D eigenvalue weighted by Crippen LogP contribution is 2.17. The molecule has 0 heterocycles. The monoisotopic (exact) mass is 412 g/mol. The summed E-state index contributed by atoms with van der Waals surface area (Å²) in [4.78, 5) is 23.7. The number of carbonyl (C=O) groups excluding carboxylic acids is 2. The molecule has 2 aromatic rings. The molecular weight excluding hydrogens is 396 g/mol. The maximum Gasteiger partial charge on any atom is 0.344 e. The molecule has 144 valence electrons. The molecular formula is C17H17ClN2O6S. The van der Waals surface area contributed by atoms with Crippen molar-refractivity contribution in [3.63, 3.8) is 0 Å². The van der Waals surface area contributed by atoms with Crippen molar-refractivity contribution in [3.8, 4) is 5.75 Å². The Morgan fingerprint density at radius 3 is 2.56 bits per heavy atom. The van der Waals surface area contributed by atoms with Gasteiger partial charge in [0.05, 0.1) is 4.90 Å². The first-order valence-corrected chi connectivity index (χ1v) is 9.59. The molecule has 0 unspecified atom stereocenters. The topological polar surface area (TPSA) is 125 Å². The number of anilines is 1. The van der Waals surface area contributed by atoms with Crippen molar-refractivity contribution in [1.29, 1.82) is 0 Å². The predicted molar refractivity (Wildman–Crippen MR) is 98.9 cm³/mol. The van der Waals surface area contributed by atoms with Gasteiger partial charge in [-0.1, -0.05) is 23.7 Å². The van der Waals surface area contributed by atoms with Crippen LogP contribution in [0.1, 0.15) is 6.92 Å². The normalized spacial score (nSPS) is 12.1. The van der Waals surface area contributed by atoms with Gasteiger partial charge in [0.1, 0.15) is 5.75 Å². The number of ether oxygens (including phenoxy) is 2. The Morgan fingerprint density at radius 2 is 1.89 bits per heavy atom. The average molecular weight is 413 g/mol. The number of hydrogen-bond acceptors (Lipinski definition) is 6. The molecule has 0 aliphatic heterocycles. The summed E-state index contributed by atoms with van der Waals surface area (Å²) in [5.41, 5.74) is 0.199. The van der Waals surface area contributed by atoms with Crippen LogP contribution in [0.2, 0.25) is 5.02 Å². The van der Waals surface area contributed by atoms with Gasteiger partial charge in [-0.25, -0.2) is 18.4 Å². The molecule has 10 heteroatoms. The van der Waals surface area contributed by atoms with E-state index in [1.165, 1.54) is 37.3 Å². The SMILES string of the molecule is C[C@@H](OC(=O)COc1cccc(Cl)c1)C(=O)Nc1cccc(S(N)(=O)=O)c1. The highest BCUT2D eigenvalue weighted by Gasteiger charge is 2.19. The first-order valence-electron chi connectivity index (χ1n) is 7.67. The molecule has 27 heavy (non-hydrogen) atoms. The number of esters is 1. The van der Waals surface area contributed by atoms with Gasteiger partial charge < -0.3 is 14.8 Å². The third kappa shape index (κ3) is 6.55. The number of benzene rings is 2. The second-order valence-corrected chi connectivity index (χ2v) is 7.44. The fraction of sp³-hybridized carbons (Fsp3) is 0.176. The van der Waals surface area contributed by atoms with E-state index in [1.54, 1.807) is 18.2 Å². The van der Waals surface area contributed by atoms with Gasteiger partial charge >= 0.3 is 5.97 Å². The summed E-state index contributed by atoms with van der Waals surface area (Å²) < 4.78 is 32.9. The Balaban J connectivity index is 1.89. The molecule has 0 saturated heterocycles. The summed E-state index contributed by atoms with van der Waals surface area (Å²) in [6.45, 7) is 0.967. The van der Waals surface area contributed by atoms with Crippen LogP contribution >= 0.6 is 11.6 Å². The third-order valence-electron chi connectivity index (χ3n) is 3.26. The largest absolute Gasteiger partial charge is 0.482 e.